The van der Waals surface area contributed by atoms with Crippen LogP contribution in [0.2, 0.25) is 0 Å². The van der Waals surface area contributed by atoms with Crippen molar-refractivity contribution in [1.29, 1.82) is 0 Å². The number of carbonyl (C=O) groups is 1. The standard InChI is InChI=1S/C20H21N5O3/c1-28-15-6-2-4-13(8-15)19-16(10-23-24-19)20(27)25-7-3-5-14(11-25)17-9-18(26)22-12-21-17/h2,4,6,8-10,12,14H,3,5,7,11H2,1H3,(H,23,24)(H,21,22,26). The van der Waals surface area contributed by atoms with Crippen LogP contribution in [0.25, 0.3) is 11.3 Å². The van der Waals surface area contributed by atoms with Gasteiger partial charge < -0.3 is 14.6 Å². The molecule has 2 N–H and O–H groups in total. The quantitative estimate of drug-likeness (QED) is 0.723. The van der Waals surface area contributed by atoms with E-state index in [4.69, 9.17) is 4.74 Å². The average molecular weight is 379 g/mol. The third kappa shape index (κ3) is 3.53. The number of aromatic amines is 2. The van der Waals surface area contributed by atoms with E-state index < -0.39 is 0 Å². The van der Waals surface area contributed by atoms with Crippen LogP contribution in [0.15, 0.2) is 47.7 Å². The summed E-state index contributed by atoms with van der Waals surface area (Å²) in [6, 6.07) is 9.01. The van der Waals surface area contributed by atoms with Crippen molar-refractivity contribution in [2.45, 2.75) is 18.8 Å². The molecule has 2 aromatic heterocycles. The number of piperidine rings is 1. The van der Waals surface area contributed by atoms with E-state index in [1.165, 1.54) is 12.4 Å². The first-order chi connectivity index (χ1) is 13.7. The highest BCUT2D eigenvalue weighted by molar-refractivity contribution is 5.99. The fourth-order valence-corrected chi connectivity index (χ4v) is 3.63. The van der Waals surface area contributed by atoms with E-state index in [1.807, 2.05) is 29.2 Å². The summed E-state index contributed by atoms with van der Waals surface area (Å²) in [5.41, 5.74) is 2.57. The highest BCUT2D eigenvalue weighted by atomic mass is 16.5. The van der Waals surface area contributed by atoms with Crippen molar-refractivity contribution in [3.05, 3.63) is 64.5 Å². The zero-order valence-electron chi connectivity index (χ0n) is 15.5. The van der Waals surface area contributed by atoms with E-state index in [1.54, 1.807) is 13.3 Å². The van der Waals surface area contributed by atoms with Gasteiger partial charge in [0.15, 0.2) is 0 Å². The summed E-state index contributed by atoms with van der Waals surface area (Å²) >= 11 is 0. The molecule has 0 radical (unpaired) electrons. The predicted octanol–water partition coefficient (Wildman–Crippen LogP) is 2.19. The Balaban J connectivity index is 1.58. The molecule has 8 nitrogen and oxygen atoms in total. The molecule has 0 spiro atoms. The zero-order chi connectivity index (χ0) is 19.5. The predicted molar refractivity (Wildman–Crippen MR) is 103 cm³/mol. The number of hydrogen-bond acceptors (Lipinski definition) is 5. The van der Waals surface area contributed by atoms with Gasteiger partial charge in [-0.3, -0.25) is 14.7 Å². The SMILES string of the molecule is COc1cccc(-c2[nH]ncc2C(=O)N2CCCC(c3cc(=O)[nH]cn3)C2)c1. The summed E-state index contributed by atoms with van der Waals surface area (Å²) in [4.78, 5) is 33.4. The number of ether oxygens (including phenoxy) is 1. The normalized spacial score (nSPS) is 16.8. The minimum atomic E-state index is -0.177. The van der Waals surface area contributed by atoms with E-state index in [-0.39, 0.29) is 17.4 Å². The average Bonchev–Trinajstić information content (AvgIpc) is 3.23. The number of H-pyrrole nitrogens is 2. The lowest BCUT2D eigenvalue weighted by Gasteiger charge is -2.32. The maximum atomic E-state index is 13.2. The molecule has 1 aromatic carbocycles. The minimum Gasteiger partial charge on any atom is -0.497 e. The molecule has 1 unspecified atom stereocenters. The highest BCUT2D eigenvalue weighted by Crippen LogP contribution is 2.29. The molecule has 1 aliphatic rings. The molecular weight excluding hydrogens is 358 g/mol. The van der Waals surface area contributed by atoms with Crippen LogP contribution in [0, 0.1) is 0 Å². The molecule has 1 atom stereocenters. The van der Waals surface area contributed by atoms with Gasteiger partial charge >= 0.3 is 0 Å². The molecule has 1 saturated heterocycles. The van der Waals surface area contributed by atoms with E-state index in [0.717, 1.165) is 24.1 Å². The summed E-state index contributed by atoms with van der Waals surface area (Å²) in [5, 5.41) is 7.02. The molecule has 1 aliphatic heterocycles. The van der Waals surface area contributed by atoms with Gasteiger partial charge in [0, 0.05) is 30.6 Å². The van der Waals surface area contributed by atoms with Crippen molar-refractivity contribution in [1.82, 2.24) is 25.1 Å². The van der Waals surface area contributed by atoms with Crippen molar-refractivity contribution < 1.29 is 9.53 Å². The Labute approximate surface area is 161 Å². The summed E-state index contributed by atoms with van der Waals surface area (Å²) in [5.74, 6) is 0.678. The maximum absolute atomic E-state index is 13.2. The summed E-state index contributed by atoms with van der Waals surface area (Å²) in [6.07, 6.45) is 4.73. The van der Waals surface area contributed by atoms with Gasteiger partial charge in [0.2, 0.25) is 0 Å². The third-order valence-electron chi connectivity index (χ3n) is 5.05. The first kappa shape index (κ1) is 18.0. The number of benzene rings is 1. The van der Waals surface area contributed by atoms with E-state index in [2.05, 4.69) is 20.2 Å². The van der Waals surface area contributed by atoms with Crippen LogP contribution in [-0.2, 0) is 0 Å². The minimum absolute atomic E-state index is 0.0483. The Hall–Kier alpha value is -3.42. The second-order valence-electron chi connectivity index (χ2n) is 6.82. The third-order valence-corrected chi connectivity index (χ3v) is 5.05. The zero-order valence-corrected chi connectivity index (χ0v) is 15.5. The summed E-state index contributed by atoms with van der Waals surface area (Å²) in [6.45, 7) is 1.19. The molecule has 8 heteroatoms. The van der Waals surface area contributed by atoms with Gasteiger partial charge in [-0.2, -0.15) is 5.10 Å². The lowest BCUT2D eigenvalue weighted by Crippen LogP contribution is -2.39. The van der Waals surface area contributed by atoms with Gasteiger partial charge in [-0.15, -0.1) is 0 Å². The highest BCUT2D eigenvalue weighted by Gasteiger charge is 2.28. The number of hydrogen-bond donors (Lipinski definition) is 2. The number of methoxy groups -OCH3 is 1. The van der Waals surface area contributed by atoms with Crippen LogP contribution in [0.4, 0.5) is 0 Å². The Morgan fingerprint density at radius 1 is 1.32 bits per heavy atom. The molecule has 4 rings (SSSR count). The Morgan fingerprint density at radius 3 is 3.04 bits per heavy atom. The van der Waals surface area contributed by atoms with Crippen LogP contribution >= 0.6 is 0 Å². The number of likely N-dealkylation sites (tertiary alicyclic amines) is 1. The van der Waals surface area contributed by atoms with Gasteiger partial charge in [0.1, 0.15) is 5.75 Å². The molecule has 28 heavy (non-hydrogen) atoms. The first-order valence-corrected chi connectivity index (χ1v) is 9.17. The Kier molecular flexibility index (Phi) is 4.92. The topological polar surface area (TPSA) is 104 Å². The van der Waals surface area contributed by atoms with E-state index in [9.17, 15) is 9.59 Å². The smallest absolute Gasteiger partial charge is 0.257 e. The van der Waals surface area contributed by atoms with E-state index in [0.29, 0.717) is 30.1 Å². The number of amides is 1. The van der Waals surface area contributed by atoms with Crippen molar-refractivity contribution in [3.63, 3.8) is 0 Å². The van der Waals surface area contributed by atoms with Gasteiger partial charge in [-0.1, -0.05) is 12.1 Å². The van der Waals surface area contributed by atoms with Crippen molar-refractivity contribution >= 4 is 5.91 Å². The summed E-state index contributed by atoms with van der Waals surface area (Å²) in [7, 11) is 1.61. The fraction of sp³-hybridized carbons (Fsp3) is 0.300. The molecule has 0 aliphatic carbocycles. The Morgan fingerprint density at radius 2 is 2.21 bits per heavy atom. The fourth-order valence-electron chi connectivity index (χ4n) is 3.63. The van der Waals surface area contributed by atoms with Crippen LogP contribution in [0.1, 0.15) is 34.8 Å². The lowest BCUT2D eigenvalue weighted by molar-refractivity contribution is 0.0706. The number of carbonyl (C=O) groups excluding carboxylic acids is 1. The molecular formula is C20H21N5O3. The van der Waals surface area contributed by atoms with Crippen molar-refractivity contribution in [3.8, 4) is 17.0 Å². The number of nitrogens with one attached hydrogen (secondary N) is 2. The van der Waals surface area contributed by atoms with Crippen LogP contribution < -0.4 is 10.3 Å². The van der Waals surface area contributed by atoms with Gasteiger partial charge in [0.05, 0.1) is 36.6 Å². The van der Waals surface area contributed by atoms with Crippen molar-refractivity contribution in [2.24, 2.45) is 0 Å². The van der Waals surface area contributed by atoms with Crippen LogP contribution in [0.3, 0.4) is 0 Å². The van der Waals surface area contributed by atoms with Crippen molar-refractivity contribution in [2.75, 3.05) is 20.2 Å². The number of aromatic nitrogens is 4. The second-order valence-corrected chi connectivity index (χ2v) is 6.82. The largest absolute Gasteiger partial charge is 0.497 e. The van der Waals surface area contributed by atoms with E-state index >= 15 is 0 Å². The number of rotatable bonds is 4. The van der Waals surface area contributed by atoms with Gasteiger partial charge in [-0.05, 0) is 25.0 Å². The maximum Gasteiger partial charge on any atom is 0.257 e. The van der Waals surface area contributed by atoms with Gasteiger partial charge in [0.25, 0.3) is 11.5 Å². The molecule has 3 heterocycles. The Bertz CT molecular complexity index is 1040. The molecule has 3 aromatic rings. The van der Waals surface area contributed by atoms with Crippen LogP contribution in [0.5, 0.6) is 5.75 Å². The lowest BCUT2D eigenvalue weighted by atomic mass is 9.94. The number of nitrogens with zero attached hydrogens (tertiary/aromatic N) is 3. The molecule has 0 saturated carbocycles. The molecule has 0 bridgehead atoms. The summed E-state index contributed by atoms with van der Waals surface area (Å²) < 4.78 is 5.28. The van der Waals surface area contributed by atoms with Gasteiger partial charge in [-0.25, -0.2) is 4.98 Å². The monoisotopic (exact) mass is 379 g/mol. The molecule has 1 fully saturated rings. The first-order valence-electron chi connectivity index (χ1n) is 9.17. The molecule has 144 valence electrons. The molecule has 1 amide bonds. The van der Waals surface area contributed by atoms with Crippen LogP contribution in [-0.4, -0.2) is 51.2 Å². The second kappa shape index (κ2) is 7.67.